The lowest BCUT2D eigenvalue weighted by molar-refractivity contribution is 0.00606. The van der Waals surface area contributed by atoms with Crippen molar-refractivity contribution in [1.82, 2.24) is 4.90 Å². The normalized spacial score (nSPS) is 17.7. The minimum atomic E-state index is -0.0971. The first-order chi connectivity index (χ1) is 9.83. The van der Waals surface area contributed by atoms with Crippen LogP contribution in [0, 0.1) is 0 Å². The molecule has 120 valence electrons. The number of rotatable bonds is 12. The van der Waals surface area contributed by atoms with Crippen LogP contribution in [0.3, 0.4) is 0 Å². The summed E-state index contributed by atoms with van der Waals surface area (Å²) in [5.41, 5.74) is 0. The van der Waals surface area contributed by atoms with Crippen LogP contribution in [0.15, 0.2) is 0 Å². The lowest BCUT2D eigenvalue weighted by atomic mass is 10.1. The van der Waals surface area contributed by atoms with Crippen LogP contribution in [0.5, 0.6) is 0 Å². The molecule has 1 N–H and O–H groups in total. The van der Waals surface area contributed by atoms with E-state index in [9.17, 15) is 5.11 Å². The fraction of sp³-hybridized carbons (Fsp3) is 1.00. The van der Waals surface area contributed by atoms with Gasteiger partial charge in [0.25, 0.3) is 0 Å². The number of piperidine rings is 1. The van der Waals surface area contributed by atoms with Crippen molar-refractivity contribution in [2.45, 2.75) is 38.7 Å². The molecular weight excluding hydrogens is 258 g/mol. The maximum Gasteiger partial charge on any atom is 0.0701 e. The summed E-state index contributed by atoms with van der Waals surface area (Å²) >= 11 is 0. The Morgan fingerprint density at radius 3 is 2.05 bits per heavy atom. The minimum absolute atomic E-state index is 0.0971. The van der Waals surface area contributed by atoms with Crippen molar-refractivity contribution in [3.63, 3.8) is 0 Å². The Morgan fingerprint density at radius 2 is 1.45 bits per heavy atom. The lowest BCUT2D eigenvalue weighted by Gasteiger charge is -2.29. The first-order valence-electron chi connectivity index (χ1n) is 7.96. The molecule has 0 unspecified atom stereocenters. The van der Waals surface area contributed by atoms with Gasteiger partial charge in [0, 0.05) is 26.2 Å². The Kier molecular flexibility index (Phi) is 11.2. The third-order valence-electron chi connectivity index (χ3n) is 3.50. The van der Waals surface area contributed by atoms with Gasteiger partial charge in [-0.1, -0.05) is 13.3 Å². The molecule has 5 heteroatoms. The van der Waals surface area contributed by atoms with Crippen LogP contribution in [0.2, 0.25) is 0 Å². The van der Waals surface area contributed by atoms with Crippen molar-refractivity contribution in [1.29, 1.82) is 0 Å². The van der Waals surface area contributed by atoms with Gasteiger partial charge in [0.05, 0.1) is 39.1 Å². The van der Waals surface area contributed by atoms with Crippen molar-refractivity contribution >= 4 is 0 Å². The van der Waals surface area contributed by atoms with E-state index in [-0.39, 0.29) is 6.10 Å². The maximum absolute atomic E-state index is 9.40. The van der Waals surface area contributed by atoms with Crippen LogP contribution in [-0.2, 0) is 14.2 Å². The second kappa shape index (κ2) is 12.5. The van der Waals surface area contributed by atoms with Crippen LogP contribution < -0.4 is 0 Å². The summed E-state index contributed by atoms with van der Waals surface area (Å²) in [6.07, 6.45) is 3.98. The SMILES string of the molecule is CCCCOCCOCCOCCN1CCC(O)CC1. The predicted molar refractivity (Wildman–Crippen MR) is 79.0 cm³/mol. The van der Waals surface area contributed by atoms with E-state index < -0.39 is 0 Å². The number of ether oxygens (including phenoxy) is 3. The highest BCUT2D eigenvalue weighted by Crippen LogP contribution is 2.08. The molecule has 0 radical (unpaired) electrons. The Hall–Kier alpha value is -0.200. The van der Waals surface area contributed by atoms with Crippen LogP contribution in [0.1, 0.15) is 32.6 Å². The zero-order valence-corrected chi connectivity index (χ0v) is 12.9. The molecule has 1 aliphatic heterocycles. The molecule has 0 saturated carbocycles. The quantitative estimate of drug-likeness (QED) is 0.549. The molecule has 0 spiro atoms. The molecule has 0 amide bonds. The maximum atomic E-state index is 9.40. The Bertz CT molecular complexity index is 208. The average Bonchev–Trinajstić information content (AvgIpc) is 2.47. The third-order valence-corrected chi connectivity index (χ3v) is 3.50. The molecular formula is C15H31NO4. The smallest absolute Gasteiger partial charge is 0.0701 e. The van der Waals surface area contributed by atoms with E-state index in [1.54, 1.807) is 0 Å². The Labute approximate surface area is 123 Å². The van der Waals surface area contributed by atoms with Crippen LogP contribution in [0.25, 0.3) is 0 Å². The zero-order chi connectivity index (χ0) is 14.5. The van der Waals surface area contributed by atoms with Gasteiger partial charge >= 0.3 is 0 Å². The number of aliphatic hydroxyl groups is 1. The van der Waals surface area contributed by atoms with Crippen LogP contribution in [0.4, 0.5) is 0 Å². The van der Waals surface area contributed by atoms with Crippen molar-refractivity contribution in [2.75, 3.05) is 59.3 Å². The van der Waals surface area contributed by atoms with Gasteiger partial charge < -0.3 is 24.2 Å². The van der Waals surface area contributed by atoms with Gasteiger partial charge in [-0.15, -0.1) is 0 Å². The monoisotopic (exact) mass is 289 g/mol. The molecule has 20 heavy (non-hydrogen) atoms. The third kappa shape index (κ3) is 9.66. The van der Waals surface area contributed by atoms with Crippen molar-refractivity contribution in [3.05, 3.63) is 0 Å². The number of nitrogens with zero attached hydrogens (tertiary/aromatic N) is 1. The second-order valence-electron chi connectivity index (χ2n) is 5.26. The van der Waals surface area contributed by atoms with E-state index in [1.807, 2.05) is 0 Å². The molecule has 1 aliphatic rings. The van der Waals surface area contributed by atoms with Gasteiger partial charge in [-0.25, -0.2) is 0 Å². The molecule has 1 rings (SSSR count). The first-order valence-corrected chi connectivity index (χ1v) is 7.96. The molecule has 5 nitrogen and oxygen atoms in total. The molecule has 0 aliphatic carbocycles. The summed E-state index contributed by atoms with van der Waals surface area (Å²) in [6.45, 7) is 9.25. The van der Waals surface area contributed by atoms with E-state index in [1.165, 1.54) is 6.42 Å². The van der Waals surface area contributed by atoms with E-state index in [0.29, 0.717) is 26.4 Å². The summed E-state index contributed by atoms with van der Waals surface area (Å²) in [5.74, 6) is 0. The van der Waals surface area contributed by atoms with Gasteiger partial charge in [0.15, 0.2) is 0 Å². The summed E-state index contributed by atoms with van der Waals surface area (Å²) < 4.78 is 16.4. The largest absolute Gasteiger partial charge is 0.393 e. The van der Waals surface area contributed by atoms with E-state index in [0.717, 1.165) is 52.1 Å². The standard InChI is InChI=1S/C15H31NO4/c1-2-3-9-18-11-13-20-14-12-19-10-8-16-6-4-15(17)5-7-16/h15,17H,2-14H2,1H3. The highest BCUT2D eigenvalue weighted by molar-refractivity contribution is 4.70. The summed E-state index contributed by atoms with van der Waals surface area (Å²) in [6, 6.07) is 0. The van der Waals surface area contributed by atoms with Gasteiger partial charge in [0.1, 0.15) is 0 Å². The topological polar surface area (TPSA) is 51.2 Å². The molecule has 0 atom stereocenters. The van der Waals surface area contributed by atoms with E-state index in [4.69, 9.17) is 14.2 Å². The number of hydrogen-bond acceptors (Lipinski definition) is 5. The average molecular weight is 289 g/mol. The molecule has 0 aromatic rings. The number of aliphatic hydroxyl groups excluding tert-OH is 1. The molecule has 0 bridgehead atoms. The molecule has 1 fully saturated rings. The summed E-state index contributed by atoms with van der Waals surface area (Å²) in [4.78, 5) is 2.34. The first kappa shape index (κ1) is 17.9. The fourth-order valence-electron chi connectivity index (χ4n) is 2.12. The van der Waals surface area contributed by atoms with Gasteiger partial charge in [-0.05, 0) is 19.3 Å². The lowest BCUT2D eigenvalue weighted by Crippen LogP contribution is -2.37. The number of likely N-dealkylation sites (tertiary alicyclic amines) is 1. The second-order valence-corrected chi connectivity index (χ2v) is 5.26. The van der Waals surface area contributed by atoms with Crippen LogP contribution in [-0.4, -0.2) is 75.4 Å². The highest BCUT2D eigenvalue weighted by atomic mass is 16.5. The molecule has 0 aromatic carbocycles. The minimum Gasteiger partial charge on any atom is -0.393 e. The Balaban J connectivity index is 1.74. The molecule has 1 saturated heterocycles. The number of unbranched alkanes of at least 4 members (excludes halogenated alkanes) is 1. The predicted octanol–water partition coefficient (Wildman–Crippen LogP) is 1.29. The molecule has 0 aromatic heterocycles. The van der Waals surface area contributed by atoms with Crippen molar-refractivity contribution in [2.24, 2.45) is 0 Å². The Morgan fingerprint density at radius 1 is 0.900 bits per heavy atom. The van der Waals surface area contributed by atoms with Crippen molar-refractivity contribution < 1.29 is 19.3 Å². The van der Waals surface area contributed by atoms with Gasteiger partial charge in [0.2, 0.25) is 0 Å². The zero-order valence-electron chi connectivity index (χ0n) is 12.9. The summed E-state index contributed by atoms with van der Waals surface area (Å²) in [7, 11) is 0. The summed E-state index contributed by atoms with van der Waals surface area (Å²) in [5, 5.41) is 9.40. The van der Waals surface area contributed by atoms with E-state index in [2.05, 4.69) is 11.8 Å². The highest BCUT2D eigenvalue weighted by Gasteiger charge is 2.15. The van der Waals surface area contributed by atoms with E-state index >= 15 is 0 Å². The molecule has 1 heterocycles. The van der Waals surface area contributed by atoms with Gasteiger partial charge in [-0.3, -0.25) is 0 Å². The van der Waals surface area contributed by atoms with Crippen molar-refractivity contribution in [3.8, 4) is 0 Å². The van der Waals surface area contributed by atoms with Crippen LogP contribution >= 0.6 is 0 Å². The number of hydrogen-bond donors (Lipinski definition) is 1. The van der Waals surface area contributed by atoms with Gasteiger partial charge in [-0.2, -0.15) is 0 Å². The fourth-order valence-corrected chi connectivity index (χ4v) is 2.12.